The summed E-state index contributed by atoms with van der Waals surface area (Å²) in [4.78, 5) is 6.88. The molecule has 28 heavy (non-hydrogen) atoms. The van der Waals surface area contributed by atoms with Gasteiger partial charge in [-0.2, -0.15) is 0 Å². The minimum absolute atomic E-state index is 0.0105. The number of thiocarbonyl (C=S) groups is 1. The minimum atomic E-state index is -0.0105. The van der Waals surface area contributed by atoms with Gasteiger partial charge in [-0.3, -0.25) is 4.98 Å². The van der Waals surface area contributed by atoms with Crippen LogP contribution in [0.1, 0.15) is 36.8 Å². The van der Waals surface area contributed by atoms with Gasteiger partial charge >= 0.3 is 0 Å². The molecule has 1 N–H and O–H groups in total. The van der Waals surface area contributed by atoms with E-state index in [0.29, 0.717) is 0 Å². The average Bonchev–Trinajstić information content (AvgIpc) is 3.33. The third-order valence-electron chi connectivity index (χ3n) is 5.09. The molecule has 0 bridgehead atoms. The zero-order chi connectivity index (χ0) is 19.5. The minimum Gasteiger partial charge on any atom is -0.495 e. The van der Waals surface area contributed by atoms with Gasteiger partial charge in [0.05, 0.1) is 30.6 Å². The Morgan fingerprint density at radius 3 is 2.68 bits per heavy atom. The summed E-state index contributed by atoms with van der Waals surface area (Å²) in [6.07, 6.45) is 4.93. The molecule has 2 atom stereocenters. The lowest BCUT2D eigenvalue weighted by atomic mass is 10.0. The molecule has 2 aromatic heterocycles. The predicted octanol–water partition coefficient (Wildman–Crippen LogP) is 4.26. The first-order valence-electron chi connectivity index (χ1n) is 9.53. The highest BCUT2D eigenvalue weighted by Gasteiger charge is 2.40. The van der Waals surface area contributed by atoms with Crippen LogP contribution in [-0.2, 0) is 0 Å². The first kappa shape index (κ1) is 18.5. The fraction of sp³-hybridized carbons (Fsp3) is 0.273. The Hall–Kier alpha value is -2.86. The van der Waals surface area contributed by atoms with Gasteiger partial charge in [-0.15, -0.1) is 0 Å². The zero-order valence-electron chi connectivity index (χ0n) is 16.1. The van der Waals surface area contributed by atoms with Crippen LogP contribution >= 0.6 is 12.2 Å². The number of hydrogen-bond acceptors (Lipinski definition) is 3. The second-order valence-corrected chi connectivity index (χ2v) is 7.18. The molecule has 0 amide bonds. The van der Waals surface area contributed by atoms with Gasteiger partial charge in [-0.05, 0) is 55.0 Å². The molecule has 2 unspecified atom stereocenters. The molecule has 1 aromatic carbocycles. The molecule has 0 saturated carbocycles. The van der Waals surface area contributed by atoms with E-state index < -0.39 is 0 Å². The molecular weight excluding hydrogens is 368 g/mol. The summed E-state index contributed by atoms with van der Waals surface area (Å²) < 4.78 is 7.80. The van der Waals surface area contributed by atoms with Crippen LogP contribution in [0.4, 0.5) is 0 Å². The number of pyridine rings is 1. The lowest BCUT2D eigenvalue weighted by Gasteiger charge is -2.29. The Bertz CT molecular complexity index is 956. The van der Waals surface area contributed by atoms with Crippen molar-refractivity contribution in [2.45, 2.75) is 25.4 Å². The largest absolute Gasteiger partial charge is 0.495 e. The van der Waals surface area contributed by atoms with Gasteiger partial charge in [0, 0.05) is 24.6 Å². The van der Waals surface area contributed by atoms with Gasteiger partial charge in [0.2, 0.25) is 0 Å². The van der Waals surface area contributed by atoms with Gasteiger partial charge in [0.1, 0.15) is 5.75 Å². The Kier molecular flexibility index (Phi) is 5.30. The van der Waals surface area contributed by atoms with Crippen LogP contribution in [0.25, 0.3) is 5.69 Å². The molecule has 3 heterocycles. The molecule has 6 heteroatoms. The van der Waals surface area contributed by atoms with Crippen molar-refractivity contribution in [3.63, 3.8) is 0 Å². The van der Waals surface area contributed by atoms with Crippen molar-refractivity contribution < 1.29 is 4.74 Å². The lowest BCUT2D eigenvalue weighted by molar-refractivity contribution is 0.308. The van der Waals surface area contributed by atoms with Gasteiger partial charge < -0.3 is 19.5 Å². The second-order valence-electron chi connectivity index (χ2n) is 6.79. The van der Waals surface area contributed by atoms with Crippen LogP contribution in [0, 0.1) is 0 Å². The van der Waals surface area contributed by atoms with E-state index in [-0.39, 0.29) is 12.1 Å². The third-order valence-corrected chi connectivity index (χ3v) is 5.44. The molecule has 1 fully saturated rings. The zero-order valence-corrected chi connectivity index (χ0v) is 16.9. The number of nitrogens with one attached hydrogen (secondary N) is 1. The SMILES string of the molecule is CCCN1C(=S)NC(c2ccccn2)C1c1cccn1-c1ccccc1OC. The predicted molar refractivity (Wildman–Crippen MR) is 115 cm³/mol. The molecule has 0 spiro atoms. The summed E-state index contributed by atoms with van der Waals surface area (Å²) in [5, 5.41) is 4.27. The Labute approximate surface area is 171 Å². The summed E-state index contributed by atoms with van der Waals surface area (Å²) in [7, 11) is 1.70. The number of ether oxygens (including phenoxy) is 1. The summed E-state index contributed by atoms with van der Waals surface area (Å²) >= 11 is 5.70. The van der Waals surface area contributed by atoms with Crippen molar-refractivity contribution in [2.24, 2.45) is 0 Å². The molecule has 4 rings (SSSR count). The quantitative estimate of drug-likeness (QED) is 0.635. The fourth-order valence-corrected chi connectivity index (χ4v) is 4.22. The second kappa shape index (κ2) is 8.02. The van der Waals surface area contributed by atoms with Gasteiger partial charge in [-0.1, -0.05) is 25.1 Å². The van der Waals surface area contributed by atoms with Crippen LogP contribution in [0.3, 0.4) is 0 Å². The van der Waals surface area contributed by atoms with Crippen LogP contribution in [0.2, 0.25) is 0 Å². The maximum Gasteiger partial charge on any atom is 0.170 e. The number of hydrogen-bond donors (Lipinski definition) is 1. The van der Waals surface area contributed by atoms with Gasteiger partial charge in [-0.25, -0.2) is 0 Å². The van der Waals surface area contributed by atoms with E-state index in [2.05, 4.69) is 57.2 Å². The van der Waals surface area contributed by atoms with Crippen LogP contribution in [-0.4, -0.2) is 33.2 Å². The van der Waals surface area contributed by atoms with Crippen LogP contribution in [0.5, 0.6) is 5.75 Å². The molecule has 5 nitrogen and oxygen atoms in total. The molecule has 0 radical (unpaired) electrons. The molecule has 1 aliphatic heterocycles. The number of nitrogens with zero attached hydrogens (tertiary/aromatic N) is 3. The van der Waals surface area contributed by atoms with Gasteiger partial charge in [0.25, 0.3) is 0 Å². The fourth-order valence-electron chi connectivity index (χ4n) is 3.89. The highest BCUT2D eigenvalue weighted by molar-refractivity contribution is 7.80. The highest BCUT2D eigenvalue weighted by Crippen LogP contribution is 2.40. The van der Waals surface area contributed by atoms with Crippen molar-refractivity contribution in [3.05, 3.63) is 78.4 Å². The first-order valence-corrected chi connectivity index (χ1v) is 9.94. The number of methoxy groups -OCH3 is 1. The summed E-state index contributed by atoms with van der Waals surface area (Å²) in [6.45, 7) is 3.06. The first-order chi connectivity index (χ1) is 13.7. The smallest absolute Gasteiger partial charge is 0.170 e. The van der Waals surface area contributed by atoms with E-state index in [9.17, 15) is 0 Å². The number of para-hydroxylation sites is 2. The van der Waals surface area contributed by atoms with Crippen LogP contribution < -0.4 is 10.1 Å². The number of rotatable bonds is 6. The third kappa shape index (κ3) is 3.24. The van der Waals surface area contributed by atoms with E-state index in [1.165, 1.54) is 0 Å². The Morgan fingerprint density at radius 1 is 1.11 bits per heavy atom. The summed E-state index contributed by atoms with van der Waals surface area (Å²) in [5.41, 5.74) is 3.15. The van der Waals surface area contributed by atoms with E-state index >= 15 is 0 Å². The summed E-state index contributed by atoms with van der Waals surface area (Å²) in [6, 6.07) is 18.3. The monoisotopic (exact) mass is 392 g/mol. The summed E-state index contributed by atoms with van der Waals surface area (Å²) in [5.74, 6) is 0.838. The molecule has 1 saturated heterocycles. The average molecular weight is 393 g/mol. The van der Waals surface area contributed by atoms with Crippen molar-refractivity contribution in [3.8, 4) is 11.4 Å². The van der Waals surface area contributed by atoms with Crippen molar-refractivity contribution in [1.29, 1.82) is 0 Å². The van der Waals surface area contributed by atoms with Crippen LogP contribution in [0.15, 0.2) is 67.0 Å². The maximum absolute atomic E-state index is 5.70. The highest BCUT2D eigenvalue weighted by atomic mass is 32.1. The Morgan fingerprint density at radius 2 is 1.93 bits per heavy atom. The van der Waals surface area contributed by atoms with Crippen molar-refractivity contribution >= 4 is 17.3 Å². The molecule has 1 aliphatic rings. The molecule has 3 aromatic rings. The van der Waals surface area contributed by atoms with E-state index in [1.54, 1.807) is 7.11 Å². The Balaban J connectivity index is 1.83. The van der Waals surface area contributed by atoms with Crippen molar-refractivity contribution in [1.82, 2.24) is 19.8 Å². The van der Waals surface area contributed by atoms with E-state index in [0.717, 1.165) is 40.9 Å². The topological polar surface area (TPSA) is 42.3 Å². The van der Waals surface area contributed by atoms with E-state index in [4.69, 9.17) is 17.0 Å². The normalized spacial score (nSPS) is 18.9. The molecule has 0 aliphatic carbocycles. The standard InChI is InChI=1S/C22H24N4OS/c1-3-14-26-21(20(24-22(26)28)16-9-6-7-13-23-16)18-11-8-15-25(18)17-10-4-5-12-19(17)27-2/h4-13,15,20-21H,3,14H2,1-2H3,(H,24,28). The molecule has 144 valence electrons. The van der Waals surface area contributed by atoms with Gasteiger partial charge in [0.15, 0.2) is 5.11 Å². The maximum atomic E-state index is 5.70. The van der Waals surface area contributed by atoms with E-state index in [1.807, 2.05) is 36.5 Å². The number of benzene rings is 1. The lowest BCUT2D eigenvalue weighted by Crippen LogP contribution is -2.31. The van der Waals surface area contributed by atoms with Crippen molar-refractivity contribution in [2.75, 3.05) is 13.7 Å². The number of aromatic nitrogens is 2. The molecular formula is C22H24N4OS.